The van der Waals surface area contributed by atoms with Crippen LogP contribution in [0.2, 0.25) is 0 Å². The van der Waals surface area contributed by atoms with E-state index in [-0.39, 0.29) is 30.1 Å². The number of anilines is 1. The number of hydrogen-bond donors (Lipinski definition) is 3. The standard InChI is InChI=1S/C20H29N3O2.ClH/c24-19(22-14-13-21-17-5-3-1-2-4-6-17)15-9-11-18(12-10-15)23-20(25)16-7-8-16;/h9-12,16-17,21H,1-8,13-14H2,(H,22,24)(H,23,25);1H. The Hall–Kier alpha value is -1.59. The molecule has 2 fully saturated rings. The van der Waals surface area contributed by atoms with Crippen molar-refractivity contribution in [3.05, 3.63) is 29.8 Å². The van der Waals surface area contributed by atoms with E-state index in [0.29, 0.717) is 18.2 Å². The van der Waals surface area contributed by atoms with Crippen molar-refractivity contribution in [2.75, 3.05) is 18.4 Å². The third-order valence-electron chi connectivity index (χ3n) is 5.06. The van der Waals surface area contributed by atoms with E-state index >= 15 is 0 Å². The second-order valence-electron chi connectivity index (χ2n) is 7.24. The maximum absolute atomic E-state index is 12.2. The fraction of sp³-hybridized carbons (Fsp3) is 0.600. The van der Waals surface area contributed by atoms with Crippen LogP contribution >= 0.6 is 12.4 Å². The molecular weight excluding hydrogens is 350 g/mol. The number of halogens is 1. The summed E-state index contributed by atoms with van der Waals surface area (Å²) in [7, 11) is 0. The van der Waals surface area contributed by atoms with Gasteiger partial charge in [0.1, 0.15) is 0 Å². The monoisotopic (exact) mass is 379 g/mol. The second kappa shape index (κ2) is 10.5. The molecule has 6 heteroatoms. The summed E-state index contributed by atoms with van der Waals surface area (Å²) in [5, 5.41) is 9.39. The first-order valence-corrected chi connectivity index (χ1v) is 9.65. The number of hydrogen-bond acceptors (Lipinski definition) is 3. The van der Waals surface area contributed by atoms with Gasteiger partial charge < -0.3 is 16.0 Å². The van der Waals surface area contributed by atoms with Crippen molar-refractivity contribution in [3.8, 4) is 0 Å². The molecule has 0 spiro atoms. The Morgan fingerprint density at radius 3 is 2.15 bits per heavy atom. The second-order valence-corrected chi connectivity index (χ2v) is 7.24. The van der Waals surface area contributed by atoms with Crippen LogP contribution in [0.5, 0.6) is 0 Å². The molecule has 0 unspecified atom stereocenters. The maximum atomic E-state index is 12.2. The number of benzene rings is 1. The van der Waals surface area contributed by atoms with Gasteiger partial charge >= 0.3 is 0 Å². The molecule has 0 heterocycles. The lowest BCUT2D eigenvalue weighted by atomic mass is 10.1. The predicted octanol–water partition coefficient (Wildman–Crippen LogP) is 3.50. The Morgan fingerprint density at radius 2 is 1.54 bits per heavy atom. The molecule has 2 saturated carbocycles. The summed E-state index contributed by atoms with van der Waals surface area (Å²) in [6, 6.07) is 7.71. The van der Waals surface area contributed by atoms with Gasteiger partial charge in [0.25, 0.3) is 5.91 Å². The number of rotatable bonds is 7. The molecule has 26 heavy (non-hydrogen) atoms. The summed E-state index contributed by atoms with van der Waals surface area (Å²) in [6.45, 7) is 1.45. The topological polar surface area (TPSA) is 70.2 Å². The normalized spacial score (nSPS) is 17.7. The Labute approximate surface area is 162 Å². The number of carbonyl (C=O) groups excluding carboxylic acids is 2. The fourth-order valence-corrected chi connectivity index (χ4v) is 3.33. The molecule has 144 valence electrons. The smallest absolute Gasteiger partial charge is 0.251 e. The van der Waals surface area contributed by atoms with Crippen molar-refractivity contribution >= 4 is 29.9 Å². The molecule has 0 atom stereocenters. The minimum Gasteiger partial charge on any atom is -0.351 e. The predicted molar refractivity (Wildman–Crippen MR) is 107 cm³/mol. The third-order valence-corrected chi connectivity index (χ3v) is 5.06. The van der Waals surface area contributed by atoms with E-state index in [0.717, 1.165) is 25.1 Å². The van der Waals surface area contributed by atoms with Crippen molar-refractivity contribution in [3.63, 3.8) is 0 Å². The molecule has 3 N–H and O–H groups in total. The minimum atomic E-state index is -0.0669. The SMILES string of the molecule is Cl.O=C(NCCNC1CCCCCC1)c1ccc(NC(=O)C2CC2)cc1. The van der Waals surface area contributed by atoms with Crippen molar-refractivity contribution in [2.45, 2.75) is 57.4 Å². The molecule has 5 nitrogen and oxygen atoms in total. The molecule has 0 saturated heterocycles. The fourth-order valence-electron chi connectivity index (χ4n) is 3.33. The van der Waals surface area contributed by atoms with Crippen LogP contribution in [-0.2, 0) is 4.79 Å². The highest BCUT2D eigenvalue weighted by atomic mass is 35.5. The van der Waals surface area contributed by atoms with Crippen LogP contribution in [0.25, 0.3) is 0 Å². The first-order chi connectivity index (χ1) is 12.2. The van der Waals surface area contributed by atoms with Crippen LogP contribution < -0.4 is 16.0 Å². The number of carbonyl (C=O) groups is 2. The van der Waals surface area contributed by atoms with Gasteiger partial charge in [-0.2, -0.15) is 0 Å². The molecule has 0 aliphatic heterocycles. The molecule has 2 amide bonds. The van der Waals surface area contributed by atoms with Gasteiger partial charge in [0, 0.05) is 36.3 Å². The van der Waals surface area contributed by atoms with Gasteiger partial charge in [0.2, 0.25) is 5.91 Å². The quantitative estimate of drug-likeness (QED) is 0.501. The number of amides is 2. The highest BCUT2D eigenvalue weighted by Gasteiger charge is 2.29. The van der Waals surface area contributed by atoms with Crippen LogP contribution in [0.3, 0.4) is 0 Å². The average Bonchev–Trinajstić information content (AvgIpc) is 3.46. The van der Waals surface area contributed by atoms with Gasteiger partial charge in [0.15, 0.2) is 0 Å². The van der Waals surface area contributed by atoms with Crippen molar-refractivity contribution in [2.24, 2.45) is 5.92 Å². The van der Waals surface area contributed by atoms with E-state index < -0.39 is 0 Å². The highest BCUT2D eigenvalue weighted by molar-refractivity contribution is 5.96. The summed E-state index contributed by atoms with van der Waals surface area (Å²) >= 11 is 0. The molecular formula is C20H30ClN3O2. The summed E-state index contributed by atoms with van der Waals surface area (Å²) < 4.78 is 0. The molecule has 3 rings (SSSR count). The summed E-state index contributed by atoms with van der Waals surface area (Å²) in [6.07, 6.45) is 9.81. The maximum Gasteiger partial charge on any atom is 0.251 e. The Bertz CT molecular complexity index is 579. The Balaban J connectivity index is 0.00000243. The van der Waals surface area contributed by atoms with E-state index in [9.17, 15) is 9.59 Å². The summed E-state index contributed by atoms with van der Waals surface area (Å²) in [5.74, 6) is 0.202. The average molecular weight is 380 g/mol. The lowest BCUT2D eigenvalue weighted by molar-refractivity contribution is -0.117. The zero-order valence-electron chi connectivity index (χ0n) is 15.3. The number of nitrogens with one attached hydrogen (secondary N) is 3. The van der Waals surface area contributed by atoms with E-state index in [4.69, 9.17) is 0 Å². The Kier molecular flexibility index (Phi) is 8.39. The lowest BCUT2D eigenvalue weighted by Gasteiger charge is -2.16. The summed E-state index contributed by atoms with van der Waals surface area (Å²) in [4.78, 5) is 23.9. The summed E-state index contributed by atoms with van der Waals surface area (Å²) in [5.41, 5.74) is 1.38. The Morgan fingerprint density at radius 1 is 0.885 bits per heavy atom. The minimum absolute atomic E-state index is 0. The lowest BCUT2D eigenvalue weighted by Crippen LogP contribution is -2.36. The van der Waals surface area contributed by atoms with Gasteiger partial charge in [-0.3, -0.25) is 9.59 Å². The first-order valence-electron chi connectivity index (χ1n) is 9.65. The van der Waals surface area contributed by atoms with Gasteiger partial charge in [-0.1, -0.05) is 25.7 Å². The van der Waals surface area contributed by atoms with Crippen molar-refractivity contribution in [1.29, 1.82) is 0 Å². The largest absolute Gasteiger partial charge is 0.351 e. The molecule has 2 aliphatic carbocycles. The van der Waals surface area contributed by atoms with E-state index in [1.165, 1.54) is 38.5 Å². The molecule has 0 radical (unpaired) electrons. The molecule has 1 aromatic carbocycles. The van der Waals surface area contributed by atoms with Crippen molar-refractivity contribution < 1.29 is 9.59 Å². The van der Waals surface area contributed by atoms with Gasteiger partial charge in [-0.15, -0.1) is 12.4 Å². The van der Waals surface area contributed by atoms with Crippen LogP contribution in [0, 0.1) is 5.92 Å². The molecule has 0 aromatic heterocycles. The van der Waals surface area contributed by atoms with E-state index in [1.807, 2.05) is 0 Å². The van der Waals surface area contributed by atoms with Crippen LogP contribution in [-0.4, -0.2) is 30.9 Å². The molecule has 0 bridgehead atoms. The van der Waals surface area contributed by atoms with E-state index in [2.05, 4.69) is 16.0 Å². The molecule has 1 aromatic rings. The van der Waals surface area contributed by atoms with Gasteiger partial charge in [0.05, 0.1) is 0 Å². The highest BCUT2D eigenvalue weighted by Crippen LogP contribution is 2.30. The van der Waals surface area contributed by atoms with E-state index in [1.54, 1.807) is 24.3 Å². The molecule has 2 aliphatic rings. The third kappa shape index (κ3) is 6.61. The van der Waals surface area contributed by atoms with Crippen LogP contribution in [0.4, 0.5) is 5.69 Å². The first kappa shape index (κ1) is 20.7. The zero-order chi connectivity index (χ0) is 17.5. The van der Waals surface area contributed by atoms with Gasteiger partial charge in [-0.05, 0) is 49.9 Å². The van der Waals surface area contributed by atoms with Crippen LogP contribution in [0.15, 0.2) is 24.3 Å². The van der Waals surface area contributed by atoms with Crippen molar-refractivity contribution in [1.82, 2.24) is 10.6 Å². The zero-order valence-corrected chi connectivity index (χ0v) is 16.1. The van der Waals surface area contributed by atoms with Crippen LogP contribution in [0.1, 0.15) is 61.7 Å². The van der Waals surface area contributed by atoms with Gasteiger partial charge in [-0.25, -0.2) is 0 Å².